The Morgan fingerprint density at radius 2 is 2.39 bits per heavy atom. The Labute approximate surface area is 106 Å². The fourth-order valence-corrected chi connectivity index (χ4v) is 1.96. The summed E-state index contributed by atoms with van der Waals surface area (Å²) >= 11 is 0. The SMILES string of the molecule is COc1cccc(/C=C/C(=O)N2CC[C@H](O)C2)c1. The number of carbonyl (C=O) groups excluding carboxylic acids is 1. The average Bonchev–Trinajstić information content (AvgIpc) is 2.83. The van der Waals surface area contributed by atoms with Gasteiger partial charge in [-0.1, -0.05) is 12.1 Å². The number of β-amino-alcohol motifs (C(OH)–C–C–N with tert-alkyl or cyclic N) is 1. The van der Waals surface area contributed by atoms with E-state index in [-0.39, 0.29) is 12.0 Å². The number of nitrogens with zero attached hydrogens (tertiary/aromatic N) is 1. The van der Waals surface area contributed by atoms with Crippen LogP contribution in [0, 0.1) is 0 Å². The van der Waals surface area contributed by atoms with Crippen LogP contribution in [0.25, 0.3) is 6.08 Å². The molecule has 1 fully saturated rings. The largest absolute Gasteiger partial charge is 0.497 e. The molecule has 96 valence electrons. The Morgan fingerprint density at radius 3 is 3.06 bits per heavy atom. The van der Waals surface area contributed by atoms with Gasteiger partial charge in [0.15, 0.2) is 0 Å². The van der Waals surface area contributed by atoms with Crippen LogP contribution in [-0.2, 0) is 4.79 Å². The van der Waals surface area contributed by atoms with E-state index in [1.165, 1.54) is 6.08 Å². The van der Waals surface area contributed by atoms with Gasteiger partial charge < -0.3 is 14.7 Å². The summed E-state index contributed by atoms with van der Waals surface area (Å²) in [5, 5.41) is 9.37. The van der Waals surface area contributed by atoms with Gasteiger partial charge >= 0.3 is 0 Å². The summed E-state index contributed by atoms with van der Waals surface area (Å²) in [4.78, 5) is 13.5. The third kappa shape index (κ3) is 3.11. The third-order valence-electron chi connectivity index (χ3n) is 2.99. The normalized spacial score (nSPS) is 19.4. The molecule has 18 heavy (non-hydrogen) atoms. The van der Waals surface area contributed by atoms with Gasteiger partial charge in [0.2, 0.25) is 5.91 Å². The summed E-state index contributed by atoms with van der Waals surface area (Å²) in [6, 6.07) is 7.51. The summed E-state index contributed by atoms with van der Waals surface area (Å²) in [6.45, 7) is 1.06. The van der Waals surface area contributed by atoms with Crippen molar-refractivity contribution in [2.75, 3.05) is 20.2 Å². The second kappa shape index (κ2) is 5.69. The molecule has 1 amide bonds. The molecule has 1 aliphatic heterocycles. The third-order valence-corrected chi connectivity index (χ3v) is 2.99. The summed E-state index contributed by atoms with van der Waals surface area (Å²) in [7, 11) is 1.61. The lowest BCUT2D eigenvalue weighted by molar-refractivity contribution is -0.125. The Balaban J connectivity index is 1.99. The predicted octanol–water partition coefficient (Wildman–Crippen LogP) is 1.30. The number of carbonyl (C=O) groups is 1. The molecule has 2 rings (SSSR count). The van der Waals surface area contributed by atoms with Gasteiger partial charge in [-0.05, 0) is 30.2 Å². The van der Waals surface area contributed by atoms with E-state index in [1.807, 2.05) is 24.3 Å². The minimum absolute atomic E-state index is 0.0608. The van der Waals surface area contributed by atoms with Crippen molar-refractivity contribution in [1.82, 2.24) is 4.90 Å². The van der Waals surface area contributed by atoms with Gasteiger partial charge in [0.05, 0.1) is 13.2 Å². The van der Waals surface area contributed by atoms with Crippen molar-refractivity contribution in [2.24, 2.45) is 0 Å². The van der Waals surface area contributed by atoms with Crippen LogP contribution in [0.5, 0.6) is 5.75 Å². The van der Waals surface area contributed by atoms with E-state index in [9.17, 15) is 9.90 Å². The van der Waals surface area contributed by atoms with E-state index in [2.05, 4.69) is 0 Å². The first-order chi connectivity index (χ1) is 8.69. The molecule has 1 aromatic rings. The van der Waals surface area contributed by atoms with Gasteiger partial charge in [0.25, 0.3) is 0 Å². The first kappa shape index (κ1) is 12.6. The Hall–Kier alpha value is -1.81. The fraction of sp³-hybridized carbons (Fsp3) is 0.357. The summed E-state index contributed by atoms with van der Waals surface area (Å²) in [5.74, 6) is 0.704. The first-order valence-corrected chi connectivity index (χ1v) is 5.98. The second-order valence-corrected chi connectivity index (χ2v) is 4.34. The van der Waals surface area contributed by atoms with Crippen molar-refractivity contribution < 1.29 is 14.6 Å². The van der Waals surface area contributed by atoms with E-state index in [0.717, 1.165) is 11.3 Å². The number of aliphatic hydroxyl groups excluding tert-OH is 1. The number of hydrogen-bond donors (Lipinski definition) is 1. The van der Waals surface area contributed by atoms with E-state index in [1.54, 1.807) is 18.1 Å². The highest BCUT2D eigenvalue weighted by Crippen LogP contribution is 2.14. The van der Waals surface area contributed by atoms with Crippen LogP contribution >= 0.6 is 0 Å². The van der Waals surface area contributed by atoms with Gasteiger partial charge in [0.1, 0.15) is 5.75 Å². The number of benzene rings is 1. The highest BCUT2D eigenvalue weighted by atomic mass is 16.5. The molecule has 4 nitrogen and oxygen atoms in total. The lowest BCUT2D eigenvalue weighted by atomic mass is 10.2. The molecule has 1 aromatic carbocycles. The Kier molecular flexibility index (Phi) is 3.99. The number of rotatable bonds is 3. The molecule has 1 heterocycles. The molecular formula is C14H17NO3. The van der Waals surface area contributed by atoms with Gasteiger partial charge in [-0.25, -0.2) is 0 Å². The van der Waals surface area contributed by atoms with Crippen LogP contribution in [0.4, 0.5) is 0 Å². The molecule has 0 aliphatic carbocycles. The van der Waals surface area contributed by atoms with Crippen molar-refractivity contribution in [3.05, 3.63) is 35.9 Å². The number of methoxy groups -OCH3 is 1. The van der Waals surface area contributed by atoms with Gasteiger partial charge in [0, 0.05) is 19.2 Å². The number of amides is 1. The molecule has 0 aromatic heterocycles. The zero-order chi connectivity index (χ0) is 13.0. The van der Waals surface area contributed by atoms with E-state index < -0.39 is 0 Å². The van der Waals surface area contributed by atoms with Crippen LogP contribution < -0.4 is 4.74 Å². The summed E-state index contributed by atoms with van der Waals surface area (Å²) < 4.78 is 5.11. The topological polar surface area (TPSA) is 49.8 Å². The highest BCUT2D eigenvalue weighted by Gasteiger charge is 2.22. The van der Waals surface area contributed by atoms with Crippen LogP contribution in [0.15, 0.2) is 30.3 Å². The van der Waals surface area contributed by atoms with Crippen LogP contribution in [0.2, 0.25) is 0 Å². The standard InChI is InChI=1S/C14H17NO3/c1-18-13-4-2-3-11(9-13)5-6-14(17)15-8-7-12(16)10-15/h2-6,9,12,16H,7-8,10H2,1H3/b6-5+/t12-/m0/s1. The maximum atomic E-state index is 11.8. The van der Waals surface area contributed by atoms with Gasteiger partial charge in [-0.3, -0.25) is 4.79 Å². The smallest absolute Gasteiger partial charge is 0.246 e. The summed E-state index contributed by atoms with van der Waals surface area (Å²) in [6.07, 6.45) is 3.58. The lowest BCUT2D eigenvalue weighted by Gasteiger charge is -2.12. The van der Waals surface area contributed by atoms with Crippen molar-refractivity contribution in [3.8, 4) is 5.75 Å². The molecule has 0 radical (unpaired) electrons. The zero-order valence-electron chi connectivity index (χ0n) is 10.4. The quantitative estimate of drug-likeness (QED) is 0.819. The molecular weight excluding hydrogens is 230 g/mol. The Morgan fingerprint density at radius 1 is 1.56 bits per heavy atom. The minimum atomic E-state index is -0.376. The van der Waals surface area contributed by atoms with Gasteiger partial charge in [-0.15, -0.1) is 0 Å². The molecule has 0 unspecified atom stereocenters. The van der Waals surface area contributed by atoms with Crippen molar-refractivity contribution in [2.45, 2.75) is 12.5 Å². The number of aliphatic hydroxyl groups is 1. The van der Waals surface area contributed by atoms with Crippen LogP contribution in [0.1, 0.15) is 12.0 Å². The van der Waals surface area contributed by atoms with E-state index in [4.69, 9.17) is 4.74 Å². The predicted molar refractivity (Wildman–Crippen MR) is 69.2 cm³/mol. The average molecular weight is 247 g/mol. The second-order valence-electron chi connectivity index (χ2n) is 4.34. The Bertz CT molecular complexity index is 456. The lowest BCUT2D eigenvalue weighted by Crippen LogP contribution is -2.27. The van der Waals surface area contributed by atoms with Crippen molar-refractivity contribution in [1.29, 1.82) is 0 Å². The molecule has 4 heteroatoms. The van der Waals surface area contributed by atoms with Crippen LogP contribution in [-0.4, -0.2) is 42.2 Å². The van der Waals surface area contributed by atoms with Crippen molar-refractivity contribution in [3.63, 3.8) is 0 Å². The zero-order valence-corrected chi connectivity index (χ0v) is 10.4. The minimum Gasteiger partial charge on any atom is -0.497 e. The highest BCUT2D eigenvalue weighted by molar-refractivity contribution is 5.92. The number of ether oxygens (including phenoxy) is 1. The van der Waals surface area contributed by atoms with E-state index >= 15 is 0 Å². The first-order valence-electron chi connectivity index (χ1n) is 5.98. The molecule has 0 bridgehead atoms. The van der Waals surface area contributed by atoms with E-state index in [0.29, 0.717) is 19.5 Å². The fourth-order valence-electron chi connectivity index (χ4n) is 1.96. The summed E-state index contributed by atoms with van der Waals surface area (Å²) in [5.41, 5.74) is 0.919. The van der Waals surface area contributed by atoms with Crippen molar-refractivity contribution >= 4 is 12.0 Å². The number of likely N-dealkylation sites (tertiary alicyclic amines) is 1. The monoisotopic (exact) mass is 247 g/mol. The molecule has 1 saturated heterocycles. The maximum Gasteiger partial charge on any atom is 0.246 e. The number of hydrogen-bond acceptors (Lipinski definition) is 3. The molecule has 1 N–H and O–H groups in total. The molecule has 0 spiro atoms. The van der Waals surface area contributed by atoms with Crippen LogP contribution in [0.3, 0.4) is 0 Å². The maximum absolute atomic E-state index is 11.8. The molecule has 1 atom stereocenters. The molecule has 0 saturated carbocycles. The molecule has 1 aliphatic rings. The van der Waals surface area contributed by atoms with Gasteiger partial charge in [-0.2, -0.15) is 0 Å².